The van der Waals surface area contributed by atoms with E-state index in [1.54, 1.807) is 19.1 Å². The molecular formula is C18H20N2O2. The van der Waals surface area contributed by atoms with Crippen LogP contribution in [0.3, 0.4) is 0 Å². The second-order valence-corrected chi connectivity index (χ2v) is 5.03. The topological polar surface area (TPSA) is 58.2 Å². The molecule has 0 saturated carbocycles. The minimum absolute atomic E-state index is 0.184. The maximum atomic E-state index is 12.1. The Hall–Kier alpha value is -2.62. The van der Waals surface area contributed by atoms with Crippen LogP contribution in [-0.2, 0) is 4.79 Å². The smallest absolute Gasteiger partial charge is 0.251 e. The molecule has 114 valence electrons. The second-order valence-electron chi connectivity index (χ2n) is 5.03. The number of carbonyl (C=O) groups excluding carboxylic acids is 2. The molecule has 2 rings (SSSR count). The molecule has 0 aliphatic heterocycles. The van der Waals surface area contributed by atoms with Crippen molar-refractivity contribution < 1.29 is 9.59 Å². The van der Waals surface area contributed by atoms with Crippen molar-refractivity contribution in [3.63, 3.8) is 0 Å². The Bertz CT molecular complexity index is 636. The molecule has 0 bridgehead atoms. The van der Waals surface area contributed by atoms with E-state index in [0.717, 1.165) is 11.1 Å². The molecule has 2 amide bonds. The lowest BCUT2D eigenvalue weighted by Gasteiger charge is -2.13. The van der Waals surface area contributed by atoms with Gasteiger partial charge in [-0.2, -0.15) is 0 Å². The number of nitrogens with one attached hydrogen (secondary N) is 2. The van der Waals surface area contributed by atoms with E-state index in [-0.39, 0.29) is 11.8 Å². The van der Waals surface area contributed by atoms with Gasteiger partial charge in [0.25, 0.3) is 5.91 Å². The second kappa shape index (κ2) is 7.41. The molecule has 0 fully saturated rings. The molecule has 2 aromatic carbocycles. The van der Waals surface area contributed by atoms with Crippen molar-refractivity contribution in [1.82, 2.24) is 10.6 Å². The number of amides is 2. The quantitative estimate of drug-likeness (QED) is 0.891. The van der Waals surface area contributed by atoms with Gasteiger partial charge >= 0.3 is 0 Å². The number of hydrogen-bond acceptors (Lipinski definition) is 2. The molecule has 0 saturated heterocycles. The highest BCUT2D eigenvalue weighted by atomic mass is 16.2. The molecule has 2 N–H and O–H groups in total. The van der Waals surface area contributed by atoms with Crippen LogP contribution in [-0.4, -0.2) is 24.4 Å². The van der Waals surface area contributed by atoms with E-state index in [1.165, 1.54) is 0 Å². The average Bonchev–Trinajstić information content (AvgIpc) is 2.56. The van der Waals surface area contributed by atoms with E-state index in [4.69, 9.17) is 0 Å². The van der Waals surface area contributed by atoms with E-state index >= 15 is 0 Å². The summed E-state index contributed by atoms with van der Waals surface area (Å²) in [6.07, 6.45) is 0. The first-order valence-corrected chi connectivity index (χ1v) is 7.36. The Morgan fingerprint density at radius 3 is 2.14 bits per heavy atom. The number of hydrogen-bond donors (Lipinski definition) is 2. The molecule has 0 aliphatic carbocycles. The Labute approximate surface area is 130 Å². The van der Waals surface area contributed by atoms with Crippen molar-refractivity contribution >= 4 is 11.8 Å². The predicted molar refractivity (Wildman–Crippen MR) is 87.5 cm³/mol. The van der Waals surface area contributed by atoms with Crippen molar-refractivity contribution in [3.05, 3.63) is 60.2 Å². The molecule has 2 aromatic rings. The summed E-state index contributed by atoms with van der Waals surface area (Å²) in [5, 5.41) is 5.37. The maximum Gasteiger partial charge on any atom is 0.251 e. The summed E-state index contributed by atoms with van der Waals surface area (Å²) in [6.45, 7) is 4.06. The van der Waals surface area contributed by atoms with Gasteiger partial charge in [0.05, 0.1) is 0 Å². The van der Waals surface area contributed by atoms with Gasteiger partial charge in [-0.25, -0.2) is 0 Å². The molecule has 0 aliphatic rings. The van der Waals surface area contributed by atoms with Crippen molar-refractivity contribution in [2.75, 3.05) is 6.54 Å². The van der Waals surface area contributed by atoms with E-state index in [2.05, 4.69) is 10.6 Å². The number of benzene rings is 2. The van der Waals surface area contributed by atoms with Crippen molar-refractivity contribution in [2.45, 2.75) is 19.9 Å². The summed E-state index contributed by atoms with van der Waals surface area (Å²) in [5.74, 6) is -0.435. The molecule has 4 heteroatoms. The van der Waals surface area contributed by atoms with Gasteiger partial charge in [0.1, 0.15) is 6.04 Å². The Kier molecular flexibility index (Phi) is 5.31. The summed E-state index contributed by atoms with van der Waals surface area (Å²) < 4.78 is 0. The summed E-state index contributed by atoms with van der Waals surface area (Å²) in [5.41, 5.74) is 2.69. The summed E-state index contributed by atoms with van der Waals surface area (Å²) in [4.78, 5) is 23.7. The Morgan fingerprint density at radius 1 is 0.955 bits per heavy atom. The highest BCUT2D eigenvalue weighted by molar-refractivity contribution is 5.97. The van der Waals surface area contributed by atoms with Gasteiger partial charge in [-0.15, -0.1) is 0 Å². The minimum Gasteiger partial charge on any atom is -0.355 e. The van der Waals surface area contributed by atoms with Crippen LogP contribution in [0.15, 0.2) is 54.6 Å². The zero-order valence-corrected chi connectivity index (χ0v) is 12.8. The summed E-state index contributed by atoms with van der Waals surface area (Å²) >= 11 is 0. The van der Waals surface area contributed by atoms with Crippen LogP contribution in [0.4, 0.5) is 0 Å². The largest absolute Gasteiger partial charge is 0.355 e. The van der Waals surface area contributed by atoms with Gasteiger partial charge < -0.3 is 10.6 Å². The SMILES string of the molecule is CCNC(=O)[C@H](C)NC(=O)c1ccc(-c2ccccc2)cc1. The fourth-order valence-electron chi connectivity index (χ4n) is 2.12. The normalized spacial score (nSPS) is 11.5. The first-order valence-electron chi connectivity index (χ1n) is 7.36. The predicted octanol–water partition coefficient (Wildman–Crippen LogP) is 2.61. The fraction of sp³-hybridized carbons (Fsp3) is 0.222. The first-order chi connectivity index (χ1) is 10.6. The van der Waals surface area contributed by atoms with Gasteiger partial charge in [-0.05, 0) is 37.1 Å². The zero-order valence-electron chi connectivity index (χ0n) is 12.8. The lowest BCUT2D eigenvalue weighted by atomic mass is 10.0. The van der Waals surface area contributed by atoms with Crippen molar-refractivity contribution in [2.24, 2.45) is 0 Å². The van der Waals surface area contributed by atoms with Crippen LogP contribution in [0, 0.1) is 0 Å². The summed E-state index contributed by atoms with van der Waals surface area (Å²) in [6, 6.07) is 16.7. The molecular weight excluding hydrogens is 276 g/mol. The van der Waals surface area contributed by atoms with Crippen LogP contribution in [0.25, 0.3) is 11.1 Å². The molecule has 1 atom stereocenters. The van der Waals surface area contributed by atoms with Crippen LogP contribution >= 0.6 is 0 Å². The van der Waals surface area contributed by atoms with Gasteiger partial charge in [0.2, 0.25) is 5.91 Å². The summed E-state index contributed by atoms with van der Waals surface area (Å²) in [7, 11) is 0. The molecule has 0 unspecified atom stereocenters. The standard InChI is InChI=1S/C18H20N2O2/c1-3-19-17(21)13(2)20-18(22)16-11-9-15(10-12-16)14-7-5-4-6-8-14/h4-13H,3H2,1-2H3,(H,19,21)(H,20,22)/t13-/m0/s1. The number of likely N-dealkylation sites (N-methyl/N-ethyl adjacent to an activating group) is 1. The number of rotatable bonds is 5. The Balaban J connectivity index is 2.04. The van der Waals surface area contributed by atoms with Crippen LogP contribution in [0.1, 0.15) is 24.2 Å². The molecule has 22 heavy (non-hydrogen) atoms. The lowest BCUT2D eigenvalue weighted by molar-refractivity contribution is -0.122. The van der Waals surface area contributed by atoms with E-state index in [0.29, 0.717) is 12.1 Å². The van der Waals surface area contributed by atoms with Gasteiger partial charge in [0, 0.05) is 12.1 Å². The lowest BCUT2D eigenvalue weighted by Crippen LogP contribution is -2.44. The fourth-order valence-corrected chi connectivity index (χ4v) is 2.12. The minimum atomic E-state index is -0.554. The van der Waals surface area contributed by atoms with Crippen molar-refractivity contribution in [1.29, 1.82) is 0 Å². The van der Waals surface area contributed by atoms with Crippen LogP contribution < -0.4 is 10.6 Å². The van der Waals surface area contributed by atoms with Gasteiger partial charge in [-0.1, -0.05) is 42.5 Å². The maximum absolute atomic E-state index is 12.1. The molecule has 0 spiro atoms. The van der Waals surface area contributed by atoms with Gasteiger partial charge in [0.15, 0.2) is 0 Å². The molecule has 4 nitrogen and oxygen atoms in total. The van der Waals surface area contributed by atoms with Crippen LogP contribution in [0.2, 0.25) is 0 Å². The highest BCUT2D eigenvalue weighted by Gasteiger charge is 2.15. The molecule has 0 radical (unpaired) electrons. The first kappa shape index (κ1) is 15.8. The highest BCUT2D eigenvalue weighted by Crippen LogP contribution is 2.19. The van der Waals surface area contributed by atoms with E-state index < -0.39 is 6.04 Å². The van der Waals surface area contributed by atoms with E-state index in [1.807, 2.05) is 49.4 Å². The van der Waals surface area contributed by atoms with E-state index in [9.17, 15) is 9.59 Å². The van der Waals surface area contributed by atoms with Crippen molar-refractivity contribution in [3.8, 4) is 11.1 Å². The van der Waals surface area contributed by atoms with Crippen LogP contribution in [0.5, 0.6) is 0 Å². The third-order valence-corrected chi connectivity index (χ3v) is 3.35. The third kappa shape index (κ3) is 3.95. The zero-order chi connectivity index (χ0) is 15.9. The van der Waals surface area contributed by atoms with Gasteiger partial charge in [-0.3, -0.25) is 9.59 Å². The Morgan fingerprint density at radius 2 is 1.55 bits per heavy atom. The number of carbonyl (C=O) groups is 2. The molecule has 0 heterocycles. The average molecular weight is 296 g/mol. The molecule has 0 aromatic heterocycles. The third-order valence-electron chi connectivity index (χ3n) is 3.35. The monoisotopic (exact) mass is 296 g/mol.